The van der Waals surface area contributed by atoms with Crippen molar-refractivity contribution in [2.24, 2.45) is 0 Å². The van der Waals surface area contributed by atoms with Crippen LogP contribution in [0.4, 0.5) is 11.4 Å². The Morgan fingerprint density at radius 1 is 1.10 bits per heavy atom. The molecule has 1 saturated heterocycles. The third-order valence-electron chi connectivity index (χ3n) is 4.35. The molecular weight excluding hydrogens is 456 g/mol. The van der Waals surface area contributed by atoms with Crippen LogP contribution in [0.3, 0.4) is 0 Å². The predicted octanol–water partition coefficient (Wildman–Crippen LogP) is 4.07. The van der Waals surface area contributed by atoms with Crippen molar-refractivity contribution in [3.8, 4) is 11.5 Å². The van der Waals surface area contributed by atoms with Gasteiger partial charge in [0, 0.05) is 23.1 Å². The molecule has 29 heavy (non-hydrogen) atoms. The van der Waals surface area contributed by atoms with E-state index in [9.17, 15) is 4.79 Å². The van der Waals surface area contributed by atoms with Gasteiger partial charge in [-0.15, -0.1) is 10.2 Å². The number of halogens is 1. The molecular formula is C20H19BrN4O3S. The second kappa shape index (κ2) is 9.43. The first-order valence-electron chi connectivity index (χ1n) is 9.13. The van der Waals surface area contributed by atoms with Crippen molar-refractivity contribution in [1.29, 1.82) is 0 Å². The maximum atomic E-state index is 12.5. The van der Waals surface area contributed by atoms with E-state index in [1.54, 1.807) is 0 Å². The average molecular weight is 475 g/mol. The lowest BCUT2D eigenvalue weighted by molar-refractivity contribution is -0.113. The van der Waals surface area contributed by atoms with Gasteiger partial charge in [0.2, 0.25) is 11.8 Å². The monoisotopic (exact) mass is 474 g/mol. The molecule has 9 heteroatoms. The van der Waals surface area contributed by atoms with Gasteiger partial charge in [-0.05, 0) is 36.4 Å². The summed E-state index contributed by atoms with van der Waals surface area (Å²) in [4.78, 5) is 14.7. The summed E-state index contributed by atoms with van der Waals surface area (Å²) in [5.74, 6) is 0.483. The van der Waals surface area contributed by atoms with Crippen LogP contribution in [-0.4, -0.2) is 48.2 Å². The molecule has 1 fully saturated rings. The molecule has 2 heterocycles. The largest absolute Gasteiger partial charge is 0.411 e. The van der Waals surface area contributed by atoms with Crippen molar-refractivity contribution in [2.75, 3.05) is 42.3 Å². The third-order valence-corrected chi connectivity index (χ3v) is 5.70. The van der Waals surface area contributed by atoms with Gasteiger partial charge in [-0.25, -0.2) is 0 Å². The maximum absolute atomic E-state index is 12.5. The Bertz CT molecular complexity index is 974. The Morgan fingerprint density at radius 3 is 2.66 bits per heavy atom. The van der Waals surface area contributed by atoms with Gasteiger partial charge in [0.15, 0.2) is 0 Å². The molecule has 2 aromatic carbocycles. The van der Waals surface area contributed by atoms with Crippen LogP contribution in [0.5, 0.6) is 0 Å². The zero-order valence-corrected chi connectivity index (χ0v) is 17.9. The second-order valence-electron chi connectivity index (χ2n) is 6.33. The zero-order valence-electron chi connectivity index (χ0n) is 15.5. The summed E-state index contributed by atoms with van der Waals surface area (Å²) in [5, 5.41) is 11.4. The first kappa shape index (κ1) is 19.9. The molecule has 7 nitrogen and oxygen atoms in total. The standard InChI is InChI=1S/C20H19BrN4O3S/c21-15-7-5-14(6-8-15)19-23-24-20(28-19)29-13-18(26)22-16-3-1-2-4-17(16)25-9-11-27-12-10-25/h1-8H,9-13H2,(H,22,26). The van der Waals surface area contributed by atoms with E-state index in [0.717, 1.165) is 34.5 Å². The van der Waals surface area contributed by atoms with Crippen molar-refractivity contribution in [1.82, 2.24) is 10.2 Å². The number of hydrogen-bond acceptors (Lipinski definition) is 7. The summed E-state index contributed by atoms with van der Waals surface area (Å²) in [7, 11) is 0. The lowest BCUT2D eigenvalue weighted by atomic mass is 10.2. The highest BCUT2D eigenvalue weighted by Crippen LogP contribution is 2.28. The summed E-state index contributed by atoms with van der Waals surface area (Å²) in [6.45, 7) is 3.00. The van der Waals surface area contributed by atoms with E-state index in [1.807, 2.05) is 48.5 Å². The number of amides is 1. The Morgan fingerprint density at radius 2 is 1.86 bits per heavy atom. The SMILES string of the molecule is O=C(CSc1nnc(-c2ccc(Br)cc2)o1)Nc1ccccc1N1CCOCC1. The first-order chi connectivity index (χ1) is 14.2. The maximum Gasteiger partial charge on any atom is 0.277 e. The molecule has 0 aliphatic carbocycles. The Hall–Kier alpha value is -2.36. The van der Waals surface area contributed by atoms with Crippen LogP contribution in [-0.2, 0) is 9.53 Å². The molecule has 1 amide bonds. The number of nitrogens with one attached hydrogen (secondary N) is 1. The molecule has 4 rings (SSSR count). The number of benzene rings is 2. The van der Waals surface area contributed by atoms with Crippen LogP contribution in [0.25, 0.3) is 11.5 Å². The highest BCUT2D eigenvalue weighted by Gasteiger charge is 2.16. The van der Waals surface area contributed by atoms with Gasteiger partial charge in [0.1, 0.15) is 0 Å². The number of morpholine rings is 1. The number of ether oxygens (including phenoxy) is 1. The molecule has 1 aliphatic rings. The summed E-state index contributed by atoms with van der Waals surface area (Å²) in [6, 6.07) is 15.4. The van der Waals surface area contributed by atoms with Gasteiger partial charge in [-0.1, -0.05) is 39.8 Å². The zero-order chi connectivity index (χ0) is 20.1. The van der Waals surface area contributed by atoms with Gasteiger partial charge in [-0.2, -0.15) is 0 Å². The number of aromatic nitrogens is 2. The van der Waals surface area contributed by atoms with Crippen LogP contribution in [0, 0.1) is 0 Å². The number of anilines is 2. The number of carbonyl (C=O) groups excluding carboxylic acids is 1. The number of para-hydroxylation sites is 2. The number of nitrogens with zero attached hydrogens (tertiary/aromatic N) is 3. The molecule has 1 N–H and O–H groups in total. The van der Waals surface area contributed by atoms with Crippen LogP contribution < -0.4 is 10.2 Å². The van der Waals surface area contributed by atoms with E-state index in [2.05, 4.69) is 36.3 Å². The molecule has 1 aromatic heterocycles. The fourth-order valence-corrected chi connectivity index (χ4v) is 3.78. The molecule has 0 spiro atoms. The van der Waals surface area contributed by atoms with Gasteiger partial charge in [-0.3, -0.25) is 4.79 Å². The van der Waals surface area contributed by atoms with Crippen molar-refractivity contribution < 1.29 is 13.9 Å². The lowest BCUT2D eigenvalue weighted by Gasteiger charge is -2.30. The van der Waals surface area contributed by atoms with E-state index in [0.29, 0.717) is 24.3 Å². The Balaban J connectivity index is 1.36. The minimum Gasteiger partial charge on any atom is -0.411 e. The topological polar surface area (TPSA) is 80.5 Å². The smallest absolute Gasteiger partial charge is 0.277 e. The van der Waals surface area contributed by atoms with Crippen molar-refractivity contribution in [3.63, 3.8) is 0 Å². The molecule has 0 bridgehead atoms. The quantitative estimate of drug-likeness (QED) is 0.539. The summed E-state index contributed by atoms with van der Waals surface area (Å²) >= 11 is 4.61. The number of hydrogen-bond donors (Lipinski definition) is 1. The highest BCUT2D eigenvalue weighted by atomic mass is 79.9. The second-order valence-corrected chi connectivity index (χ2v) is 8.18. The van der Waals surface area contributed by atoms with E-state index >= 15 is 0 Å². The number of rotatable bonds is 6. The summed E-state index contributed by atoms with van der Waals surface area (Å²) in [6.07, 6.45) is 0. The molecule has 0 saturated carbocycles. The van der Waals surface area contributed by atoms with E-state index in [4.69, 9.17) is 9.15 Å². The van der Waals surface area contributed by atoms with Crippen LogP contribution in [0.15, 0.2) is 62.6 Å². The van der Waals surface area contributed by atoms with Crippen molar-refractivity contribution in [2.45, 2.75) is 5.22 Å². The highest BCUT2D eigenvalue weighted by molar-refractivity contribution is 9.10. The van der Waals surface area contributed by atoms with Crippen LogP contribution in [0.2, 0.25) is 0 Å². The van der Waals surface area contributed by atoms with Gasteiger partial charge < -0.3 is 19.4 Å². The van der Waals surface area contributed by atoms with Crippen LogP contribution >= 0.6 is 27.7 Å². The van der Waals surface area contributed by atoms with E-state index in [-0.39, 0.29) is 11.7 Å². The number of carbonyl (C=O) groups is 1. The minimum absolute atomic E-state index is 0.126. The Labute approximate surface area is 181 Å². The van der Waals surface area contributed by atoms with Crippen LogP contribution in [0.1, 0.15) is 0 Å². The summed E-state index contributed by atoms with van der Waals surface area (Å²) in [5.41, 5.74) is 2.63. The molecule has 0 radical (unpaired) electrons. The van der Waals surface area contributed by atoms with Crippen molar-refractivity contribution in [3.05, 3.63) is 53.0 Å². The molecule has 1 aliphatic heterocycles. The fraction of sp³-hybridized carbons (Fsp3) is 0.250. The first-order valence-corrected chi connectivity index (χ1v) is 10.9. The Kier molecular flexibility index (Phi) is 6.48. The molecule has 0 unspecified atom stereocenters. The molecule has 150 valence electrons. The average Bonchev–Trinajstić information content (AvgIpc) is 3.23. The van der Waals surface area contributed by atoms with E-state index in [1.165, 1.54) is 11.8 Å². The molecule has 0 atom stereocenters. The number of thioether (sulfide) groups is 1. The van der Waals surface area contributed by atoms with Gasteiger partial charge in [0.25, 0.3) is 5.22 Å². The van der Waals surface area contributed by atoms with Gasteiger partial charge >= 0.3 is 0 Å². The minimum atomic E-state index is -0.126. The molecule has 3 aromatic rings. The predicted molar refractivity (Wildman–Crippen MR) is 116 cm³/mol. The van der Waals surface area contributed by atoms with E-state index < -0.39 is 0 Å². The fourth-order valence-electron chi connectivity index (χ4n) is 2.95. The van der Waals surface area contributed by atoms with Gasteiger partial charge in [0.05, 0.1) is 30.3 Å². The normalized spacial score (nSPS) is 14.0. The lowest BCUT2D eigenvalue weighted by Crippen LogP contribution is -2.36. The summed E-state index contributed by atoms with van der Waals surface area (Å²) < 4.78 is 12.0. The third kappa shape index (κ3) is 5.17. The van der Waals surface area contributed by atoms with Crippen molar-refractivity contribution >= 4 is 45.0 Å².